The number of hydrogen-bond acceptors (Lipinski definition) is 3. The van der Waals surface area contributed by atoms with Crippen molar-refractivity contribution in [1.29, 1.82) is 0 Å². The molecule has 15 heavy (non-hydrogen) atoms. The molecular weight excluding hydrogens is 277 g/mol. The first kappa shape index (κ1) is 11.1. The first-order valence-corrected chi connectivity index (χ1v) is 6.42. The zero-order chi connectivity index (χ0) is 10.7. The Labute approximate surface area is 103 Å². The summed E-state index contributed by atoms with van der Waals surface area (Å²) in [6.07, 6.45) is 6.94. The molecule has 0 bridgehead atoms. The van der Waals surface area contributed by atoms with Crippen LogP contribution in [0.1, 0.15) is 19.3 Å². The van der Waals surface area contributed by atoms with Crippen molar-refractivity contribution in [2.45, 2.75) is 25.3 Å². The predicted molar refractivity (Wildman–Crippen MR) is 65.2 cm³/mol. The minimum absolute atomic E-state index is 0.452. The third-order valence-electron chi connectivity index (χ3n) is 2.85. The molecule has 3 nitrogen and oxygen atoms in total. The van der Waals surface area contributed by atoms with E-state index in [1.54, 1.807) is 12.5 Å². The SMILES string of the molecule is ClCC1CCCC1Nc1ncncc1Br. The molecule has 1 fully saturated rings. The van der Waals surface area contributed by atoms with Crippen LogP contribution in [0.5, 0.6) is 0 Å². The molecule has 0 aliphatic heterocycles. The Kier molecular flexibility index (Phi) is 3.81. The smallest absolute Gasteiger partial charge is 0.143 e. The quantitative estimate of drug-likeness (QED) is 0.870. The van der Waals surface area contributed by atoms with Crippen LogP contribution in [0.25, 0.3) is 0 Å². The van der Waals surface area contributed by atoms with Gasteiger partial charge in [-0.3, -0.25) is 0 Å². The second-order valence-corrected chi connectivity index (χ2v) is 4.98. The van der Waals surface area contributed by atoms with Crippen LogP contribution in [0.15, 0.2) is 17.0 Å². The van der Waals surface area contributed by atoms with Crippen molar-refractivity contribution in [2.24, 2.45) is 5.92 Å². The summed E-state index contributed by atoms with van der Waals surface area (Å²) in [6.45, 7) is 0. The van der Waals surface area contributed by atoms with Crippen LogP contribution in [-0.2, 0) is 0 Å². The van der Waals surface area contributed by atoms with Gasteiger partial charge in [-0.1, -0.05) is 6.42 Å². The lowest BCUT2D eigenvalue weighted by Gasteiger charge is -2.19. The Morgan fingerprint density at radius 1 is 1.53 bits per heavy atom. The van der Waals surface area contributed by atoms with Gasteiger partial charge < -0.3 is 5.32 Å². The monoisotopic (exact) mass is 289 g/mol. The van der Waals surface area contributed by atoms with Gasteiger partial charge >= 0.3 is 0 Å². The molecule has 0 amide bonds. The minimum atomic E-state index is 0.452. The van der Waals surface area contributed by atoms with Gasteiger partial charge in [0.05, 0.1) is 4.47 Å². The maximum Gasteiger partial charge on any atom is 0.143 e. The molecule has 5 heteroatoms. The molecule has 1 aliphatic carbocycles. The molecule has 2 rings (SSSR count). The van der Waals surface area contributed by atoms with Crippen LogP contribution in [0.3, 0.4) is 0 Å². The van der Waals surface area contributed by atoms with E-state index >= 15 is 0 Å². The van der Waals surface area contributed by atoms with Gasteiger partial charge in [0.25, 0.3) is 0 Å². The average molecular weight is 291 g/mol. The highest BCUT2D eigenvalue weighted by Gasteiger charge is 2.26. The normalized spacial score (nSPS) is 25.5. The molecule has 1 aliphatic rings. The van der Waals surface area contributed by atoms with E-state index in [1.165, 1.54) is 19.3 Å². The third kappa shape index (κ3) is 2.61. The first-order chi connectivity index (χ1) is 7.31. The molecule has 2 unspecified atom stereocenters. The maximum absolute atomic E-state index is 5.92. The highest BCUT2D eigenvalue weighted by Crippen LogP contribution is 2.30. The van der Waals surface area contributed by atoms with Gasteiger partial charge in [-0.05, 0) is 34.7 Å². The van der Waals surface area contributed by atoms with Crippen molar-refractivity contribution in [3.8, 4) is 0 Å². The van der Waals surface area contributed by atoms with Crippen molar-refractivity contribution in [3.63, 3.8) is 0 Å². The van der Waals surface area contributed by atoms with Crippen molar-refractivity contribution in [2.75, 3.05) is 11.2 Å². The van der Waals surface area contributed by atoms with Gasteiger partial charge in [0, 0.05) is 18.1 Å². The lowest BCUT2D eigenvalue weighted by atomic mass is 10.1. The Morgan fingerprint density at radius 3 is 3.13 bits per heavy atom. The van der Waals surface area contributed by atoms with Crippen molar-refractivity contribution < 1.29 is 0 Å². The average Bonchev–Trinajstić information content (AvgIpc) is 2.69. The van der Waals surface area contributed by atoms with Gasteiger partial charge in [0.2, 0.25) is 0 Å². The molecule has 0 saturated heterocycles. The highest BCUT2D eigenvalue weighted by atomic mass is 79.9. The van der Waals surface area contributed by atoms with Crippen LogP contribution < -0.4 is 5.32 Å². The van der Waals surface area contributed by atoms with Crippen LogP contribution in [0.2, 0.25) is 0 Å². The second-order valence-electron chi connectivity index (χ2n) is 3.82. The molecule has 1 heterocycles. The van der Waals surface area contributed by atoms with Gasteiger partial charge in [0.15, 0.2) is 0 Å². The van der Waals surface area contributed by atoms with E-state index in [4.69, 9.17) is 11.6 Å². The second kappa shape index (κ2) is 5.12. The summed E-state index contributed by atoms with van der Waals surface area (Å²) in [5.41, 5.74) is 0. The molecule has 1 N–H and O–H groups in total. The van der Waals surface area contributed by atoms with E-state index in [0.717, 1.165) is 16.2 Å². The summed E-state index contributed by atoms with van der Waals surface area (Å²) < 4.78 is 0.908. The number of aromatic nitrogens is 2. The van der Waals surface area contributed by atoms with Crippen molar-refractivity contribution >= 4 is 33.3 Å². The molecule has 1 saturated carbocycles. The molecule has 2 atom stereocenters. The molecule has 1 aromatic rings. The van der Waals surface area contributed by atoms with E-state index in [2.05, 4.69) is 31.2 Å². The number of rotatable bonds is 3. The summed E-state index contributed by atoms with van der Waals surface area (Å²) in [7, 11) is 0. The van der Waals surface area contributed by atoms with Crippen molar-refractivity contribution in [3.05, 3.63) is 17.0 Å². The Bertz CT molecular complexity index is 334. The Hall–Kier alpha value is -0.350. The number of nitrogens with one attached hydrogen (secondary N) is 1. The topological polar surface area (TPSA) is 37.8 Å². The van der Waals surface area contributed by atoms with Crippen molar-refractivity contribution in [1.82, 2.24) is 9.97 Å². The van der Waals surface area contributed by atoms with Crippen LogP contribution in [0, 0.1) is 5.92 Å². The zero-order valence-electron chi connectivity index (χ0n) is 8.29. The molecular formula is C10H13BrClN3. The fourth-order valence-electron chi connectivity index (χ4n) is 2.01. The highest BCUT2D eigenvalue weighted by molar-refractivity contribution is 9.10. The number of hydrogen-bond donors (Lipinski definition) is 1. The summed E-state index contributed by atoms with van der Waals surface area (Å²) >= 11 is 9.35. The number of nitrogens with zero attached hydrogens (tertiary/aromatic N) is 2. The lowest BCUT2D eigenvalue weighted by Crippen LogP contribution is -2.25. The Morgan fingerprint density at radius 2 is 2.40 bits per heavy atom. The van der Waals surface area contributed by atoms with Crippen LogP contribution >= 0.6 is 27.5 Å². The minimum Gasteiger partial charge on any atom is -0.366 e. The van der Waals surface area contributed by atoms with Gasteiger partial charge in [0.1, 0.15) is 12.1 Å². The van der Waals surface area contributed by atoms with E-state index < -0.39 is 0 Å². The largest absolute Gasteiger partial charge is 0.366 e. The fraction of sp³-hybridized carbons (Fsp3) is 0.600. The molecule has 0 spiro atoms. The van der Waals surface area contributed by atoms with E-state index in [9.17, 15) is 0 Å². The first-order valence-electron chi connectivity index (χ1n) is 5.09. The maximum atomic E-state index is 5.92. The number of halogens is 2. The fourth-order valence-corrected chi connectivity index (χ4v) is 2.71. The number of alkyl halides is 1. The van der Waals surface area contributed by atoms with Gasteiger partial charge in [-0.25, -0.2) is 9.97 Å². The Balaban J connectivity index is 2.05. The number of anilines is 1. The molecule has 82 valence electrons. The third-order valence-corrected chi connectivity index (χ3v) is 3.82. The molecule has 0 aromatic carbocycles. The van der Waals surface area contributed by atoms with Gasteiger partial charge in [-0.15, -0.1) is 11.6 Å². The van der Waals surface area contributed by atoms with E-state index in [-0.39, 0.29) is 0 Å². The summed E-state index contributed by atoms with van der Waals surface area (Å²) in [6, 6.07) is 0.452. The zero-order valence-corrected chi connectivity index (χ0v) is 10.6. The summed E-state index contributed by atoms with van der Waals surface area (Å²) in [5, 5.41) is 3.43. The summed E-state index contributed by atoms with van der Waals surface area (Å²) in [5.74, 6) is 2.15. The predicted octanol–water partition coefficient (Wildman–Crippen LogP) is 3.06. The lowest BCUT2D eigenvalue weighted by molar-refractivity contribution is 0.560. The molecule has 1 aromatic heterocycles. The van der Waals surface area contributed by atoms with E-state index in [0.29, 0.717) is 12.0 Å². The van der Waals surface area contributed by atoms with Crippen LogP contribution in [-0.4, -0.2) is 21.9 Å². The molecule has 0 radical (unpaired) electrons. The van der Waals surface area contributed by atoms with Crippen LogP contribution in [0.4, 0.5) is 5.82 Å². The van der Waals surface area contributed by atoms with E-state index in [1.807, 2.05) is 0 Å². The summed E-state index contributed by atoms with van der Waals surface area (Å²) in [4.78, 5) is 8.13. The van der Waals surface area contributed by atoms with Gasteiger partial charge in [-0.2, -0.15) is 0 Å². The standard InChI is InChI=1S/C10H13BrClN3/c11-8-5-13-6-14-10(8)15-9-3-1-2-7(9)4-12/h5-7,9H,1-4H2,(H,13,14,15).